The Bertz CT molecular complexity index is 1590. The van der Waals surface area contributed by atoms with Crippen LogP contribution in [0.15, 0.2) is 79.0 Å². The quantitative estimate of drug-likeness (QED) is 0.386. The lowest BCUT2D eigenvalue weighted by Crippen LogP contribution is -2.54. The highest BCUT2D eigenvalue weighted by Crippen LogP contribution is 2.51. The lowest BCUT2D eigenvalue weighted by Gasteiger charge is -2.35. The minimum Gasteiger partial charge on any atom is -0.439 e. The van der Waals surface area contributed by atoms with E-state index in [9.17, 15) is 14.4 Å². The van der Waals surface area contributed by atoms with E-state index in [1.165, 1.54) is 6.92 Å². The van der Waals surface area contributed by atoms with Crippen LogP contribution >= 0.6 is 0 Å². The zero-order chi connectivity index (χ0) is 27.1. The Hall–Kier alpha value is -4.72. The number of likely N-dealkylation sites (tertiary alicyclic amines) is 1. The Labute approximate surface area is 225 Å². The fraction of sp³-hybridized carbons (Fsp3) is 0.226. The number of hydrogen-bond donors (Lipinski definition) is 2. The molecular weight excluding hydrogens is 492 g/mol. The number of nitrogens with zero attached hydrogens (tertiary/aromatic N) is 2. The van der Waals surface area contributed by atoms with Crippen LogP contribution in [0.25, 0.3) is 21.9 Å². The molecule has 196 valence electrons. The summed E-state index contributed by atoms with van der Waals surface area (Å²) in [4.78, 5) is 46.0. The molecule has 2 amide bonds. The maximum atomic E-state index is 14.4. The second kappa shape index (κ2) is 9.54. The van der Waals surface area contributed by atoms with Gasteiger partial charge in [0.1, 0.15) is 11.9 Å². The summed E-state index contributed by atoms with van der Waals surface area (Å²) in [5.74, 6) is -0.753. The lowest BCUT2D eigenvalue weighted by atomic mass is 9.89. The lowest BCUT2D eigenvalue weighted by molar-refractivity contribution is -0.169. The molecule has 39 heavy (non-hydrogen) atoms. The first-order valence-corrected chi connectivity index (χ1v) is 13.0. The average molecular weight is 521 g/mol. The molecule has 2 heterocycles. The summed E-state index contributed by atoms with van der Waals surface area (Å²) in [6.07, 6.45) is 2.85. The SMILES string of the molecule is CC(=O)OC1(C(=O)N2CCCC2C(=O)NCc2ccc3c(N)nccc3c2)c2ccccc2-c2ccccc21. The first kappa shape index (κ1) is 24.6. The van der Waals surface area contributed by atoms with E-state index in [1.54, 1.807) is 11.1 Å². The smallest absolute Gasteiger partial charge is 0.304 e. The highest BCUT2D eigenvalue weighted by molar-refractivity contribution is 6.02. The number of hydrogen-bond acceptors (Lipinski definition) is 6. The number of rotatable bonds is 5. The summed E-state index contributed by atoms with van der Waals surface area (Å²) >= 11 is 0. The topological polar surface area (TPSA) is 115 Å². The molecular formula is C31H28N4O4. The van der Waals surface area contributed by atoms with Crippen LogP contribution in [0.5, 0.6) is 0 Å². The third kappa shape index (κ3) is 4.00. The van der Waals surface area contributed by atoms with Crippen LogP contribution in [0.1, 0.15) is 36.5 Å². The number of benzene rings is 3. The molecule has 6 rings (SSSR count). The molecule has 4 aromatic rings. The monoisotopic (exact) mass is 520 g/mol. The van der Waals surface area contributed by atoms with E-state index in [4.69, 9.17) is 10.5 Å². The molecule has 0 bridgehead atoms. The maximum absolute atomic E-state index is 14.4. The Kier molecular flexibility index (Phi) is 6.02. The molecule has 3 N–H and O–H groups in total. The van der Waals surface area contributed by atoms with Crippen molar-refractivity contribution in [1.29, 1.82) is 0 Å². The standard InChI is InChI=1S/C31H28N4O4/c1-19(36)39-31(25-9-4-2-7-23(25)24-8-3-5-10-26(24)31)30(38)35-16-6-11-27(35)29(37)34-18-20-12-13-22-21(17-20)14-15-33-28(22)32/h2-5,7-10,12-15,17,27H,6,11,16,18H2,1H3,(H2,32,33)(H,34,37). The molecule has 2 aliphatic rings. The number of nitrogens with two attached hydrogens (primary N) is 1. The summed E-state index contributed by atoms with van der Waals surface area (Å²) in [5.41, 5.74) is 8.13. The number of pyridine rings is 1. The molecule has 0 radical (unpaired) electrons. The van der Waals surface area contributed by atoms with Crippen molar-refractivity contribution >= 4 is 34.4 Å². The van der Waals surface area contributed by atoms with E-state index in [0.717, 1.165) is 27.5 Å². The number of nitrogens with one attached hydrogen (secondary N) is 1. The second-order valence-electron chi connectivity index (χ2n) is 9.99. The van der Waals surface area contributed by atoms with Gasteiger partial charge in [-0.2, -0.15) is 0 Å². The normalized spacial score (nSPS) is 16.9. The van der Waals surface area contributed by atoms with E-state index >= 15 is 0 Å². The zero-order valence-electron chi connectivity index (χ0n) is 21.5. The van der Waals surface area contributed by atoms with Crippen LogP contribution in [-0.4, -0.2) is 40.3 Å². The van der Waals surface area contributed by atoms with Crippen molar-refractivity contribution in [2.24, 2.45) is 0 Å². The average Bonchev–Trinajstić information content (AvgIpc) is 3.54. The summed E-state index contributed by atoms with van der Waals surface area (Å²) in [6.45, 7) is 2.00. The molecule has 1 atom stereocenters. The Morgan fingerprint density at radius 2 is 1.72 bits per heavy atom. The van der Waals surface area contributed by atoms with E-state index < -0.39 is 23.5 Å². The van der Waals surface area contributed by atoms with Crippen molar-refractivity contribution < 1.29 is 19.1 Å². The molecule has 1 aromatic heterocycles. The highest BCUT2D eigenvalue weighted by atomic mass is 16.6. The van der Waals surface area contributed by atoms with E-state index in [1.807, 2.05) is 72.8 Å². The molecule has 1 unspecified atom stereocenters. The molecule has 0 spiro atoms. The summed E-state index contributed by atoms with van der Waals surface area (Å²) in [5, 5.41) is 4.79. The van der Waals surface area contributed by atoms with Gasteiger partial charge in [0.2, 0.25) is 11.5 Å². The van der Waals surface area contributed by atoms with Crippen molar-refractivity contribution in [2.75, 3.05) is 12.3 Å². The van der Waals surface area contributed by atoms with Crippen molar-refractivity contribution in [1.82, 2.24) is 15.2 Å². The third-order valence-corrected chi connectivity index (χ3v) is 7.64. The second-order valence-corrected chi connectivity index (χ2v) is 9.99. The van der Waals surface area contributed by atoms with Crippen LogP contribution in [0.3, 0.4) is 0 Å². The van der Waals surface area contributed by atoms with Crippen LogP contribution in [0, 0.1) is 0 Å². The minimum atomic E-state index is -1.64. The number of nitrogen functional groups attached to an aromatic ring is 1. The van der Waals surface area contributed by atoms with Crippen molar-refractivity contribution in [3.8, 4) is 11.1 Å². The first-order chi connectivity index (χ1) is 18.9. The number of anilines is 1. The molecule has 0 saturated carbocycles. The molecule has 3 aromatic carbocycles. The van der Waals surface area contributed by atoms with Gasteiger partial charge >= 0.3 is 5.97 Å². The van der Waals surface area contributed by atoms with Crippen molar-refractivity contribution in [2.45, 2.75) is 38.0 Å². The van der Waals surface area contributed by atoms with Crippen LogP contribution in [0.4, 0.5) is 5.82 Å². The van der Waals surface area contributed by atoms with E-state index in [0.29, 0.717) is 42.9 Å². The number of carbonyl (C=O) groups is 3. The first-order valence-electron chi connectivity index (χ1n) is 13.0. The number of fused-ring (bicyclic) bond motifs is 4. The van der Waals surface area contributed by atoms with Gasteiger partial charge in [0.25, 0.3) is 5.91 Å². The zero-order valence-corrected chi connectivity index (χ0v) is 21.5. The van der Waals surface area contributed by atoms with Gasteiger partial charge < -0.3 is 20.7 Å². The van der Waals surface area contributed by atoms with Gasteiger partial charge in [0, 0.05) is 42.7 Å². The predicted molar refractivity (Wildman–Crippen MR) is 147 cm³/mol. The Morgan fingerprint density at radius 3 is 2.41 bits per heavy atom. The molecule has 1 aliphatic carbocycles. The van der Waals surface area contributed by atoms with Crippen molar-refractivity contribution in [3.63, 3.8) is 0 Å². The van der Waals surface area contributed by atoms with Gasteiger partial charge in [-0.1, -0.05) is 60.7 Å². The predicted octanol–water partition coefficient (Wildman–Crippen LogP) is 3.91. The molecule has 8 heteroatoms. The number of amides is 2. The minimum absolute atomic E-state index is 0.243. The number of ether oxygens (including phenoxy) is 1. The summed E-state index contributed by atoms with van der Waals surface area (Å²) in [7, 11) is 0. The van der Waals surface area contributed by atoms with Crippen molar-refractivity contribution in [3.05, 3.63) is 95.7 Å². The Balaban J connectivity index is 1.29. The summed E-state index contributed by atoms with van der Waals surface area (Å²) in [6, 6.07) is 21.9. The largest absolute Gasteiger partial charge is 0.439 e. The fourth-order valence-electron chi connectivity index (χ4n) is 5.95. The number of esters is 1. The number of carbonyl (C=O) groups excluding carboxylic acids is 3. The fourth-order valence-corrected chi connectivity index (χ4v) is 5.95. The molecule has 1 fully saturated rings. The highest BCUT2D eigenvalue weighted by Gasteiger charge is 2.56. The van der Waals surface area contributed by atoms with Gasteiger partial charge in [0.05, 0.1) is 0 Å². The molecule has 1 aliphatic heterocycles. The Morgan fingerprint density at radius 1 is 1.03 bits per heavy atom. The van der Waals surface area contributed by atoms with Gasteiger partial charge in [-0.3, -0.25) is 14.4 Å². The van der Waals surface area contributed by atoms with Crippen LogP contribution in [0.2, 0.25) is 0 Å². The van der Waals surface area contributed by atoms with E-state index in [2.05, 4.69) is 10.3 Å². The van der Waals surface area contributed by atoms with Crippen LogP contribution in [-0.2, 0) is 31.3 Å². The molecule has 8 nitrogen and oxygen atoms in total. The number of aromatic nitrogens is 1. The summed E-state index contributed by atoms with van der Waals surface area (Å²) < 4.78 is 5.96. The van der Waals surface area contributed by atoms with Gasteiger partial charge in [-0.25, -0.2) is 4.98 Å². The van der Waals surface area contributed by atoms with E-state index in [-0.39, 0.29) is 5.91 Å². The van der Waals surface area contributed by atoms with Gasteiger partial charge in [-0.15, -0.1) is 0 Å². The van der Waals surface area contributed by atoms with Crippen LogP contribution < -0.4 is 11.1 Å². The molecule has 1 saturated heterocycles. The van der Waals surface area contributed by atoms with Gasteiger partial charge in [0.15, 0.2) is 0 Å². The van der Waals surface area contributed by atoms with Gasteiger partial charge in [-0.05, 0) is 47.1 Å². The third-order valence-electron chi connectivity index (χ3n) is 7.64. The maximum Gasteiger partial charge on any atom is 0.304 e.